The van der Waals surface area contributed by atoms with Crippen molar-refractivity contribution in [2.24, 2.45) is 0 Å². The van der Waals surface area contributed by atoms with Gasteiger partial charge in [-0.05, 0) is 44.2 Å². The fraction of sp³-hybridized carbons (Fsp3) is 0.571. The molecule has 0 unspecified atom stereocenters. The van der Waals surface area contributed by atoms with E-state index >= 15 is 0 Å². The normalized spacial score (nSPS) is 24.5. The minimum atomic E-state index is -4.69. The molecular formula is C21H22F6N4O4. The van der Waals surface area contributed by atoms with Crippen LogP contribution in [0.5, 0.6) is 0 Å². The van der Waals surface area contributed by atoms with Gasteiger partial charge >= 0.3 is 12.7 Å². The number of rotatable bonds is 9. The van der Waals surface area contributed by atoms with E-state index in [4.69, 9.17) is 4.42 Å². The number of aryl methyl sites for hydroxylation is 1. The molecule has 0 radical (unpaired) electrons. The highest BCUT2D eigenvalue weighted by Gasteiger charge is 2.43. The predicted molar refractivity (Wildman–Crippen MR) is 106 cm³/mol. The van der Waals surface area contributed by atoms with Crippen molar-refractivity contribution in [3.8, 4) is 0 Å². The molecule has 0 spiro atoms. The number of carbonyl (C=O) groups is 1. The van der Waals surface area contributed by atoms with Gasteiger partial charge in [-0.3, -0.25) is 14.3 Å². The minimum absolute atomic E-state index is 0.133. The Hall–Kier alpha value is -2.87. The van der Waals surface area contributed by atoms with Crippen LogP contribution in [0, 0.1) is 0 Å². The van der Waals surface area contributed by atoms with E-state index in [9.17, 15) is 31.1 Å². The molecule has 1 amide bonds. The number of halogens is 6. The average molecular weight is 508 g/mol. The lowest BCUT2D eigenvalue weighted by molar-refractivity contribution is -0.353. The van der Waals surface area contributed by atoms with Crippen molar-refractivity contribution in [1.82, 2.24) is 20.1 Å². The quantitative estimate of drug-likeness (QED) is 0.491. The van der Waals surface area contributed by atoms with Gasteiger partial charge in [-0.1, -0.05) is 6.58 Å². The third-order valence-corrected chi connectivity index (χ3v) is 5.93. The molecule has 2 aromatic heterocycles. The first-order valence-electron chi connectivity index (χ1n) is 10.8. The number of nitrogens with zero attached hydrogens (tertiary/aromatic N) is 3. The maximum atomic E-state index is 12.6. The molecule has 0 aliphatic heterocycles. The minimum Gasteiger partial charge on any atom is -0.425 e. The molecule has 4 rings (SSSR count). The third-order valence-electron chi connectivity index (χ3n) is 5.93. The van der Waals surface area contributed by atoms with E-state index in [-0.39, 0.29) is 68.0 Å². The lowest BCUT2D eigenvalue weighted by Gasteiger charge is -2.37. The Labute approximate surface area is 195 Å². The molecule has 0 aromatic carbocycles. The van der Waals surface area contributed by atoms with Crippen molar-refractivity contribution < 1.29 is 45.0 Å². The van der Waals surface area contributed by atoms with Crippen LogP contribution in [-0.2, 0) is 15.9 Å². The molecular weight excluding hydrogens is 486 g/mol. The van der Waals surface area contributed by atoms with Crippen molar-refractivity contribution in [3.63, 3.8) is 0 Å². The van der Waals surface area contributed by atoms with Crippen LogP contribution < -0.4 is 5.32 Å². The molecule has 2 aliphatic rings. The standard InChI is InChI=1S/C21H22F6N4O4/c1-11(4-5-17-29-30-19(33-17)12-7-14(8-12)34-20(22,23)24)28-18(32)16-3-2-6-31(16)13-9-15(10-13)35-21(25,26)27/h2-3,6,12-15H,1,4-5,7-10H2,(H,28,32). The van der Waals surface area contributed by atoms with Crippen molar-refractivity contribution in [1.29, 1.82) is 0 Å². The summed E-state index contributed by atoms with van der Waals surface area (Å²) in [6, 6.07) is 2.90. The summed E-state index contributed by atoms with van der Waals surface area (Å²) in [6.07, 6.45) is -8.54. The number of aromatic nitrogens is 3. The number of carbonyl (C=O) groups excluding carboxylic acids is 1. The van der Waals surface area contributed by atoms with Crippen LogP contribution in [0.25, 0.3) is 0 Å². The van der Waals surface area contributed by atoms with E-state index in [2.05, 4.69) is 31.6 Å². The number of alkyl halides is 6. The number of ether oxygens (including phenoxy) is 2. The van der Waals surface area contributed by atoms with Crippen LogP contribution in [0.1, 0.15) is 66.3 Å². The first kappa shape index (κ1) is 25.2. The Morgan fingerprint density at radius 3 is 2.34 bits per heavy atom. The fourth-order valence-electron chi connectivity index (χ4n) is 4.08. The van der Waals surface area contributed by atoms with Gasteiger partial charge in [0.05, 0.1) is 12.2 Å². The number of hydrogen-bond donors (Lipinski definition) is 1. The van der Waals surface area contributed by atoms with Crippen LogP contribution in [0.3, 0.4) is 0 Å². The second kappa shape index (κ2) is 9.64. The van der Waals surface area contributed by atoms with Crippen molar-refractivity contribution in [2.45, 2.75) is 75.4 Å². The number of amides is 1. The Balaban J connectivity index is 1.21. The van der Waals surface area contributed by atoms with Gasteiger partial charge < -0.3 is 14.3 Å². The maximum absolute atomic E-state index is 12.6. The van der Waals surface area contributed by atoms with E-state index in [1.54, 1.807) is 22.9 Å². The van der Waals surface area contributed by atoms with Crippen LogP contribution in [0.15, 0.2) is 35.0 Å². The first-order valence-corrected chi connectivity index (χ1v) is 10.8. The lowest BCUT2D eigenvalue weighted by atomic mass is 9.82. The molecule has 1 N–H and O–H groups in total. The molecule has 14 heteroatoms. The summed E-state index contributed by atoms with van der Waals surface area (Å²) in [5.74, 6) is -0.268. The summed E-state index contributed by atoms with van der Waals surface area (Å²) < 4.78 is 88.6. The van der Waals surface area contributed by atoms with Gasteiger partial charge in [0.25, 0.3) is 5.91 Å². The Morgan fingerprint density at radius 2 is 1.71 bits per heavy atom. The Bertz CT molecular complexity index is 1050. The van der Waals surface area contributed by atoms with E-state index in [0.29, 0.717) is 5.70 Å². The molecule has 0 atom stereocenters. The molecule has 2 saturated carbocycles. The van der Waals surface area contributed by atoms with Gasteiger partial charge in [-0.15, -0.1) is 36.5 Å². The van der Waals surface area contributed by atoms with Crippen molar-refractivity contribution in [3.05, 3.63) is 48.1 Å². The second-order valence-corrected chi connectivity index (χ2v) is 8.56. The number of allylic oxidation sites excluding steroid dienone is 1. The Morgan fingerprint density at radius 1 is 1.09 bits per heavy atom. The van der Waals surface area contributed by atoms with Gasteiger partial charge in [-0.25, -0.2) is 0 Å². The topological polar surface area (TPSA) is 91.4 Å². The van der Waals surface area contributed by atoms with Crippen LogP contribution in [0.4, 0.5) is 26.3 Å². The zero-order valence-electron chi connectivity index (χ0n) is 18.2. The molecule has 2 heterocycles. The maximum Gasteiger partial charge on any atom is 0.522 e. The van der Waals surface area contributed by atoms with Crippen molar-refractivity contribution >= 4 is 5.91 Å². The van der Waals surface area contributed by atoms with Gasteiger partial charge in [0.1, 0.15) is 5.69 Å². The van der Waals surface area contributed by atoms with E-state index < -0.39 is 30.8 Å². The summed E-state index contributed by atoms with van der Waals surface area (Å²) in [5, 5.41) is 10.4. The van der Waals surface area contributed by atoms with Gasteiger partial charge in [0.15, 0.2) is 0 Å². The highest BCUT2D eigenvalue weighted by Crippen LogP contribution is 2.41. The summed E-state index contributed by atoms with van der Waals surface area (Å²) in [7, 11) is 0. The van der Waals surface area contributed by atoms with Crippen LogP contribution in [-0.4, -0.2) is 45.6 Å². The smallest absolute Gasteiger partial charge is 0.425 e. The van der Waals surface area contributed by atoms with Crippen LogP contribution >= 0.6 is 0 Å². The van der Waals surface area contributed by atoms with E-state index in [1.807, 2.05) is 0 Å². The first-order chi connectivity index (χ1) is 16.4. The largest absolute Gasteiger partial charge is 0.522 e. The Kier molecular flexibility index (Phi) is 6.95. The van der Waals surface area contributed by atoms with Crippen molar-refractivity contribution in [2.75, 3.05) is 0 Å². The average Bonchev–Trinajstić information content (AvgIpc) is 3.33. The molecule has 2 aliphatic carbocycles. The molecule has 192 valence electrons. The number of nitrogens with one attached hydrogen (secondary N) is 1. The number of hydrogen-bond acceptors (Lipinski definition) is 6. The highest BCUT2D eigenvalue weighted by molar-refractivity contribution is 5.93. The van der Waals surface area contributed by atoms with E-state index in [1.165, 1.54) is 0 Å². The molecule has 0 saturated heterocycles. The zero-order valence-corrected chi connectivity index (χ0v) is 18.2. The third kappa shape index (κ3) is 6.63. The second-order valence-electron chi connectivity index (χ2n) is 8.56. The monoisotopic (exact) mass is 508 g/mol. The summed E-state index contributed by atoms with van der Waals surface area (Å²) in [6.45, 7) is 3.79. The summed E-state index contributed by atoms with van der Waals surface area (Å²) in [4.78, 5) is 12.6. The van der Waals surface area contributed by atoms with Gasteiger partial charge in [0, 0.05) is 30.3 Å². The fourth-order valence-corrected chi connectivity index (χ4v) is 4.08. The lowest BCUT2D eigenvalue weighted by Crippen LogP contribution is -2.38. The summed E-state index contributed by atoms with van der Waals surface area (Å²) >= 11 is 0. The zero-order chi connectivity index (χ0) is 25.4. The SMILES string of the molecule is C=C(CCc1nnc(C2CC(OC(F)(F)F)C2)o1)NC(=O)c1cccn1C1CC(OC(F)(F)F)C1. The molecule has 8 nitrogen and oxygen atoms in total. The highest BCUT2D eigenvalue weighted by atomic mass is 19.4. The molecule has 2 fully saturated rings. The predicted octanol–water partition coefficient (Wildman–Crippen LogP) is 4.77. The van der Waals surface area contributed by atoms with Gasteiger partial charge in [0.2, 0.25) is 11.8 Å². The summed E-state index contributed by atoms with van der Waals surface area (Å²) in [5.41, 5.74) is 0.638. The molecule has 35 heavy (non-hydrogen) atoms. The van der Waals surface area contributed by atoms with Crippen LogP contribution in [0.2, 0.25) is 0 Å². The molecule has 0 bridgehead atoms. The van der Waals surface area contributed by atoms with Gasteiger partial charge in [-0.2, -0.15) is 0 Å². The van der Waals surface area contributed by atoms with E-state index in [0.717, 1.165) is 0 Å². The molecule has 2 aromatic rings.